The van der Waals surface area contributed by atoms with Crippen molar-refractivity contribution >= 4 is 123 Å². The largest absolute Gasteiger partial charge is 1.00 e. The molecular formula is C61H62BCl3N11O12S2-. The molecule has 0 saturated carbocycles. The van der Waals surface area contributed by atoms with E-state index in [9.17, 15) is 14.4 Å². The van der Waals surface area contributed by atoms with Gasteiger partial charge in [-0.2, -0.15) is 10.2 Å². The molecule has 90 heavy (non-hydrogen) atoms. The van der Waals surface area contributed by atoms with Gasteiger partial charge in [0, 0.05) is 87.7 Å². The highest BCUT2D eigenvalue weighted by atomic mass is 35.5. The molecule has 4 radical (unpaired) electrons. The number of nitrogens with zero attached hydrogens (tertiary/aromatic N) is 5. The van der Waals surface area contributed by atoms with Crippen LogP contribution in [-0.4, -0.2) is 130 Å². The van der Waals surface area contributed by atoms with Crippen LogP contribution in [0.1, 0.15) is 47.8 Å². The summed E-state index contributed by atoms with van der Waals surface area (Å²) in [7, 11) is 13.8. The predicted molar refractivity (Wildman–Crippen MR) is 353 cm³/mol. The molecule has 7 N–H and O–H groups in total. The number of thioether (sulfide) groups is 1. The number of hydrogen-bond donors (Lipinski definition) is 6. The van der Waals surface area contributed by atoms with Crippen molar-refractivity contribution in [3.8, 4) is 51.7 Å². The number of carbonyl (C=O) groups is 3. The quantitative estimate of drug-likeness (QED) is 0.00834. The number of methoxy groups -OCH3 is 9. The number of ether oxygens (including phenoxy) is 9. The summed E-state index contributed by atoms with van der Waals surface area (Å²) in [5, 5.41) is 21.2. The normalized spacial score (nSPS) is 10.1. The highest BCUT2D eigenvalue weighted by Crippen LogP contribution is 2.42. The standard InChI is InChI=1S/C22H21N5O4S.C17H18ClNO4.C9H13NO3.C8H6Cl2O.C5H4N4S.B/c1-29-17-8-15(9-18(30-2)19(17)31-3)26-21(28)14-6-4-5-13(7-14)11-32-22-16-10-25-27-20(16)23-12-24-22;1-21-14-8-13(9-15(22-2)16(14)23-3)19-17(20)12-6-4-5-11(7-12)10-18;1-11-7-4-6(10)5-8(12-2)9(7)13-3;9-5-6-2-1-3-7(4-6)8(10)11;10-5-3-1-8-9-4(3)6-2-7-5;/h4-10,12H,11H2,1-3H3,(H,26,28)(H,23,24,25,27);4-9H,10H2,1-3H3,(H,19,20);4-5H,10H2,1-3H3;1-4H,5H2;1-2H,(H2,6,7,8,9,10);/q;;;;;-1. The van der Waals surface area contributed by atoms with Crippen molar-refractivity contribution in [3.05, 3.63) is 172 Å². The molecule has 23 nitrogen and oxygen atoms in total. The maximum atomic E-state index is 12.9. The van der Waals surface area contributed by atoms with Crippen molar-refractivity contribution in [2.45, 2.75) is 22.5 Å². The summed E-state index contributed by atoms with van der Waals surface area (Å²) < 4.78 is 47.6. The predicted octanol–water partition coefficient (Wildman–Crippen LogP) is 12.4. The summed E-state index contributed by atoms with van der Waals surface area (Å²) in [6.45, 7) is 0. The van der Waals surface area contributed by atoms with Gasteiger partial charge in [-0.3, -0.25) is 24.6 Å². The minimum atomic E-state index is -0.447. The summed E-state index contributed by atoms with van der Waals surface area (Å²) in [6, 6.07) is 31.6. The van der Waals surface area contributed by atoms with Crippen LogP contribution in [0, 0.1) is 4.64 Å². The molecule has 0 fully saturated rings. The molecule has 0 aliphatic rings. The number of nitrogen functional groups attached to an aromatic ring is 1. The summed E-state index contributed by atoms with van der Waals surface area (Å²) in [5.41, 5.74) is 13.1. The second-order valence-electron chi connectivity index (χ2n) is 17.8. The second-order valence-corrected chi connectivity index (χ2v) is 20.0. The van der Waals surface area contributed by atoms with Gasteiger partial charge in [0.25, 0.3) is 17.1 Å². The molecule has 2 amide bonds. The van der Waals surface area contributed by atoms with Crippen molar-refractivity contribution in [1.29, 1.82) is 0 Å². The SMILES string of the molecule is COc1cc(N)cc(OC)c1OC.COc1cc(NC(=O)c2cccc(CCl)c2)cc(OC)c1OC.COc1cc(NC(=O)c2cccc(CSc3ncnc4[nH]ncc34)c2)cc(OC)c1OC.O=C(Cl)c1cccc(CCl)c1.S=c1nc[nH]c2[nH]ncc12.[B-]. The Hall–Kier alpha value is -9.47. The lowest BCUT2D eigenvalue weighted by Crippen LogP contribution is -2.12. The molecule has 0 spiro atoms. The molecule has 29 heteroatoms. The number of nitrogens with one attached hydrogen (secondary N) is 5. The van der Waals surface area contributed by atoms with Crippen molar-refractivity contribution in [2.75, 3.05) is 80.4 Å². The molecule has 4 aromatic heterocycles. The van der Waals surface area contributed by atoms with Gasteiger partial charge in [0.15, 0.2) is 40.1 Å². The number of aromatic amines is 3. The van der Waals surface area contributed by atoms with Crippen LogP contribution < -0.4 is 59.0 Å². The molecule has 0 atom stereocenters. The van der Waals surface area contributed by atoms with Crippen LogP contribution in [0.5, 0.6) is 51.7 Å². The monoisotopic (exact) mass is 1320 g/mol. The van der Waals surface area contributed by atoms with Crippen molar-refractivity contribution in [1.82, 2.24) is 40.3 Å². The Kier molecular flexibility index (Phi) is 28.6. The Bertz CT molecular complexity index is 3990. The Morgan fingerprint density at radius 3 is 1.41 bits per heavy atom. The smallest absolute Gasteiger partial charge is 0.255 e. The lowest BCUT2D eigenvalue weighted by Gasteiger charge is -2.14. The first-order valence-electron chi connectivity index (χ1n) is 26.1. The number of rotatable bonds is 19. The van der Waals surface area contributed by atoms with Gasteiger partial charge in [-0.1, -0.05) is 54.7 Å². The third-order valence-electron chi connectivity index (χ3n) is 12.2. The van der Waals surface area contributed by atoms with Crippen LogP contribution in [-0.2, 0) is 17.5 Å². The molecular weight excluding hydrogens is 1260 g/mol. The average Bonchev–Trinajstić information content (AvgIpc) is 1.52. The Morgan fingerprint density at radius 1 is 0.544 bits per heavy atom. The maximum Gasteiger partial charge on any atom is 0.255 e. The molecule has 0 unspecified atom stereocenters. The van der Waals surface area contributed by atoms with Crippen LogP contribution in [0.15, 0.2) is 139 Å². The number of amides is 2. The molecule has 10 rings (SSSR count). The topological polar surface area (TPSA) is 296 Å². The Labute approximate surface area is 544 Å². The lowest BCUT2D eigenvalue weighted by atomic mass is 10.1. The van der Waals surface area contributed by atoms with E-state index in [1.54, 1.807) is 131 Å². The molecule has 470 valence electrons. The zero-order chi connectivity index (χ0) is 64.4. The maximum absolute atomic E-state index is 12.9. The number of nitrogens with two attached hydrogens (primary N) is 1. The van der Waals surface area contributed by atoms with E-state index in [2.05, 4.69) is 51.0 Å². The highest BCUT2D eigenvalue weighted by Gasteiger charge is 2.18. The highest BCUT2D eigenvalue weighted by molar-refractivity contribution is 7.98. The Balaban J connectivity index is 0.000000220. The van der Waals surface area contributed by atoms with Crippen LogP contribution in [0.2, 0.25) is 0 Å². The molecule has 0 bridgehead atoms. The minimum Gasteiger partial charge on any atom is -1.00 e. The number of halogens is 3. The third kappa shape index (κ3) is 19.5. The van der Waals surface area contributed by atoms with Gasteiger partial charge in [0.05, 0.1) is 93.5 Å². The summed E-state index contributed by atoms with van der Waals surface area (Å²) in [4.78, 5) is 51.1. The fourth-order valence-corrected chi connectivity index (χ4v) is 9.55. The lowest BCUT2D eigenvalue weighted by molar-refractivity contribution is 0.101. The average molecular weight is 1320 g/mol. The van der Waals surface area contributed by atoms with E-state index in [0.29, 0.717) is 113 Å². The van der Waals surface area contributed by atoms with Crippen LogP contribution in [0.25, 0.3) is 22.1 Å². The van der Waals surface area contributed by atoms with Gasteiger partial charge in [-0.05, 0) is 58.6 Å². The van der Waals surface area contributed by atoms with E-state index in [1.165, 1.54) is 49.0 Å². The summed E-state index contributed by atoms with van der Waals surface area (Å²) >= 11 is 23.1. The zero-order valence-electron chi connectivity index (χ0n) is 50.1. The second kappa shape index (κ2) is 36.1. The molecule has 4 heterocycles. The fourth-order valence-electron chi connectivity index (χ4n) is 7.98. The van der Waals surface area contributed by atoms with E-state index >= 15 is 0 Å². The van der Waals surface area contributed by atoms with Crippen molar-refractivity contribution < 1.29 is 57.0 Å². The fraction of sp³-hybridized carbons (Fsp3) is 0.197. The van der Waals surface area contributed by atoms with E-state index < -0.39 is 5.24 Å². The number of H-pyrrole nitrogens is 3. The molecule has 6 aromatic carbocycles. The number of anilines is 3. The summed E-state index contributed by atoms with van der Waals surface area (Å²) in [5.74, 6) is 5.39. The van der Waals surface area contributed by atoms with Crippen LogP contribution in [0.3, 0.4) is 0 Å². The van der Waals surface area contributed by atoms with Gasteiger partial charge < -0.3 is 72.4 Å². The van der Waals surface area contributed by atoms with Crippen molar-refractivity contribution in [2.24, 2.45) is 0 Å². The van der Waals surface area contributed by atoms with E-state index in [0.717, 1.165) is 38.1 Å². The van der Waals surface area contributed by atoms with E-state index in [4.69, 9.17) is 95.4 Å². The van der Waals surface area contributed by atoms with E-state index in [1.807, 2.05) is 30.3 Å². The number of alkyl halides is 2. The third-order valence-corrected chi connectivity index (χ3v) is 14.5. The first kappa shape index (κ1) is 71.3. The summed E-state index contributed by atoms with van der Waals surface area (Å²) in [6.07, 6.45) is 6.41. The van der Waals surface area contributed by atoms with Crippen LogP contribution in [0.4, 0.5) is 17.1 Å². The van der Waals surface area contributed by atoms with Gasteiger partial charge in [0.2, 0.25) is 17.2 Å². The Morgan fingerprint density at radius 2 is 0.967 bits per heavy atom. The molecule has 0 aliphatic carbocycles. The van der Waals surface area contributed by atoms with Crippen LogP contribution >= 0.6 is 58.8 Å². The van der Waals surface area contributed by atoms with Gasteiger partial charge >= 0.3 is 0 Å². The van der Waals surface area contributed by atoms with Crippen molar-refractivity contribution in [3.63, 3.8) is 0 Å². The molecule has 0 aliphatic heterocycles. The molecule has 0 saturated heterocycles. The number of benzene rings is 6. The number of aromatic nitrogens is 8. The first-order chi connectivity index (χ1) is 43.1. The van der Waals surface area contributed by atoms with Gasteiger partial charge in [0.1, 0.15) is 21.6 Å². The number of fused-ring (bicyclic) bond motifs is 2. The first-order valence-corrected chi connectivity index (χ1v) is 28.9. The van der Waals surface area contributed by atoms with Gasteiger partial charge in [-0.25, -0.2) is 15.0 Å². The van der Waals surface area contributed by atoms with E-state index in [-0.39, 0.29) is 20.2 Å². The molecule has 10 aromatic rings. The number of hydrogen-bond acceptors (Lipinski definition) is 20. The zero-order valence-corrected chi connectivity index (χ0v) is 54.0. The number of carbonyl (C=O) groups excluding carboxylic acids is 3. The van der Waals surface area contributed by atoms with Gasteiger partial charge in [-0.15, -0.1) is 35.0 Å². The minimum absolute atomic E-state index is 0.